The van der Waals surface area contributed by atoms with Crippen LogP contribution in [0.4, 0.5) is 87.8 Å². The quantitative estimate of drug-likeness (QED) is 0.0547. The van der Waals surface area contributed by atoms with E-state index in [1.165, 1.54) is 5.56 Å². The van der Waals surface area contributed by atoms with E-state index in [2.05, 4.69) is 9.55 Å². The smallest absolute Gasteiger partial charge is 0.200 e. The lowest BCUT2D eigenvalue weighted by Crippen LogP contribution is -2.81. The topological polar surface area (TPSA) is 16.8 Å². The summed E-state index contributed by atoms with van der Waals surface area (Å²) in [5.74, 6) is -71.4. The molecule has 0 amide bonds. The Bertz CT molecular complexity index is 2260. The Morgan fingerprint density at radius 2 is 0.576 bits per heavy atom. The van der Waals surface area contributed by atoms with Gasteiger partial charge in [-0.3, -0.25) is 4.98 Å². The number of hydrogen-bond acceptors (Lipinski definition) is 1. The molecule has 6 aromatic rings. The van der Waals surface area contributed by atoms with Crippen LogP contribution in [0.5, 0.6) is 0 Å². The predicted octanol–water partition coefficient (Wildman–Crippen LogP) is 7.92. The summed E-state index contributed by atoms with van der Waals surface area (Å²) in [6, 6.07) is 7.85. The number of aromatic nitrogens is 2. The maximum absolute atomic E-state index is 15.4. The fraction of sp³-hybridized carbons (Fsp3) is 0.0286. The highest BCUT2D eigenvalue weighted by Crippen LogP contribution is 2.30. The summed E-state index contributed by atoms with van der Waals surface area (Å²) < 4.78 is 296. The van der Waals surface area contributed by atoms with Gasteiger partial charge >= 0.3 is 0 Å². The highest BCUT2D eigenvalue weighted by molar-refractivity contribution is 7.20. The molecule has 0 radical (unpaired) electrons. The van der Waals surface area contributed by atoms with Crippen LogP contribution in [0.15, 0.2) is 49.1 Å². The molecule has 0 fully saturated rings. The van der Waals surface area contributed by atoms with Crippen LogP contribution in [-0.4, -0.2) is 11.1 Å². The summed E-state index contributed by atoms with van der Waals surface area (Å²) >= 11 is 5.80. The molecular weight excluding hydrogens is 875 g/mol. The molecule has 5 aromatic carbocycles. The zero-order valence-corrected chi connectivity index (χ0v) is 28.5. The van der Waals surface area contributed by atoms with Gasteiger partial charge in [0, 0.05) is 10.6 Å². The van der Waals surface area contributed by atoms with Crippen LogP contribution in [0.2, 0.25) is 5.02 Å². The Balaban J connectivity index is 0.000000395. The van der Waals surface area contributed by atoms with E-state index < -0.39 is 144 Å². The minimum atomic E-state index is -7.22. The van der Waals surface area contributed by atoms with Gasteiger partial charge in [0.25, 0.3) is 0 Å². The van der Waals surface area contributed by atoms with Crippen molar-refractivity contribution in [3.8, 4) is 0 Å². The molecule has 6 rings (SSSR count). The van der Waals surface area contributed by atoms with Crippen molar-refractivity contribution in [2.45, 2.75) is 6.54 Å². The van der Waals surface area contributed by atoms with Crippen LogP contribution in [0.3, 0.4) is 0 Å². The van der Waals surface area contributed by atoms with Crippen LogP contribution >= 0.6 is 11.6 Å². The molecular formula is C35H10BClF20N2. The minimum Gasteiger partial charge on any atom is -0.252 e. The van der Waals surface area contributed by atoms with Gasteiger partial charge in [-0.1, -0.05) is 23.7 Å². The molecule has 0 N–H and O–H groups in total. The maximum atomic E-state index is 15.4. The average Bonchev–Trinajstić information content (AvgIpc) is 3.22. The third-order valence-electron chi connectivity index (χ3n) is 8.67. The van der Waals surface area contributed by atoms with E-state index >= 15 is 35.1 Å². The van der Waals surface area contributed by atoms with Gasteiger partial charge in [0.15, 0.2) is 88.7 Å². The molecule has 0 bridgehead atoms. The van der Waals surface area contributed by atoms with Gasteiger partial charge in [-0.25, -0.2) is 87.8 Å². The third kappa shape index (κ3) is 7.07. The second-order valence-electron chi connectivity index (χ2n) is 11.8. The van der Waals surface area contributed by atoms with Gasteiger partial charge in [0.05, 0.1) is 12.4 Å². The van der Waals surface area contributed by atoms with Crippen molar-refractivity contribution in [3.63, 3.8) is 0 Å². The van der Waals surface area contributed by atoms with Gasteiger partial charge in [-0.05, 0) is 12.1 Å². The van der Waals surface area contributed by atoms with E-state index in [0.29, 0.717) is 0 Å². The molecule has 0 atom stereocenters. The number of halogens is 21. The van der Waals surface area contributed by atoms with Crippen molar-refractivity contribution in [1.82, 2.24) is 4.98 Å². The van der Waals surface area contributed by atoms with E-state index in [9.17, 15) is 52.7 Å². The van der Waals surface area contributed by atoms with Crippen LogP contribution < -0.4 is 26.4 Å². The second-order valence-corrected chi connectivity index (χ2v) is 12.3. The van der Waals surface area contributed by atoms with E-state index in [1.54, 1.807) is 12.4 Å². The first kappa shape index (κ1) is 44.2. The summed E-state index contributed by atoms with van der Waals surface area (Å²) in [7, 11) is 0. The largest absolute Gasteiger partial charge is 0.252 e. The van der Waals surface area contributed by atoms with Gasteiger partial charge in [-0.15, -0.1) is 21.9 Å². The number of nitrogens with zero attached hydrogens (tertiary/aromatic N) is 2. The Morgan fingerprint density at radius 1 is 0.356 bits per heavy atom. The van der Waals surface area contributed by atoms with Crippen LogP contribution in [0, 0.1) is 116 Å². The van der Waals surface area contributed by atoms with Crippen molar-refractivity contribution in [2.75, 3.05) is 0 Å². The molecule has 0 aliphatic rings. The monoisotopic (exact) mass is 884 g/mol. The minimum absolute atomic E-state index is 0.772. The standard InChI is InChI=1S/C24BF20.C11H10ClN2/c26-5-1(6(27)14(35)21(42)13(5)34)25(2-7(28)15(36)22(43)16(37)8(2)29,3-9(30)17(38)23(44)18(39)10(3)31)4-11(32)19(40)24(45)20(41)12(4)33;12-11-3-1-10(2-4-11)9-14-7-5-13-6-8-14/h;1-8H,9H2/q-1;+1. The Labute approximate surface area is 319 Å². The van der Waals surface area contributed by atoms with Gasteiger partial charge in [-0.2, -0.15) is 4.57 Å². The zero-order chi connectivity index (χ0) is 44.2. The molecule has 1 heterocycles. The van der Waals surface area contributed by atoms with E-state index in [-0.39, 0.29) is 0 Å². The SMILES string of the molecule is Clc1ccc(C[n+]2ccncc2)cc1.Fc1c(F)c(F)c([B-](c2c(F)c(F)c(F)c(F)c2F)(c2c(F)c(F)c(F)c(F)c2F)c2c(F)c(F)c(F)c(F)c2F)c(F)c1F. The van der Waals surface area contributed by atoms with E-state index in [0.717, 1.165) is 11.6 Å². The molecule has 310 valence electrons. The molecule has 0 saturated carbocycles. The van der Waals surface area contributed by atoms with Gasteiger partial charge in [0.2, 0.25) is 0 Å². The molecule has 1 aromatic heterocycles. The van der Waals surface area contributed by atoms with Gasteiger partial charge in [0.1, 0.15) is 52.7 Å². The highest BCUT2D eigenvalue weighted by Gasteiger charge is 2.52. The van der Waals surface area contributed by atoms with Gasteiger partial charge < -0.3 is 0 Å². The fourth-order valence-electron chi connectivity index (χ4n) is 6.13. The van der Waals surface area contributed by atoms with Crippen molar-refractivity contribution in [1.29, 1.82) is 0 Å². The molecule has 2 nitrogen and oxygen atoms in total. The molecule has 0 aliphatic carbocycles. The van der Waals surface area contributed by atoms with E-state index in [1.807, 2.05) is 36.7 Å². The first-order valence-electron chi connectivity index (χ1n) is 15.3. The predicted molar refractivity (Wildman–Crippen MR) is 164 cm³/mol. The normalized spacial score (nSPS) is 11.5. The number of benzene rings is 5. The summed E-state index contributed by atoms with van der Waals surface area (Å²) in [6.07, 6.45) is 0.209. The summed E-state index contributed by atoms with van der Waals surface area (Å²) in [6.45, 7) is 0.847. The maximum Gasteiger partial charge on any atom is 0.200 e. The lowest BCUT2D eigenvalue weighted by Gasteiger charge is -2.44. The van der Waals surface area contributed by atoms with Crippen LogP contribution in [0.25, 0.3) is 0 Å². The van der Waals surface area contributed by atoms with Crippen molar-refractivity contribution in [3.05, 3.63) is 176 Å². The molecule has 24 heteroatoms. The first-order valence-corrected chi connectivity index (χ1v) is 15.7. The Hall–Kier alpha value is -5.87. The molecule has 0 saturated heterocycles. The molecule has 0 aliphatic heterocycles. The summed E-state index contributed by atoms with van der Waals surface area (Å²) in [5.41, 5.74) is -13.1. The first-order chi connectivity index (χ1) is 27.5. The Morgan fingerprint density at radius 3 is 0.814 bits per heavy atom. The summed E-state index contributed by atoms with van der Waals surface area (Å²) in [5, 5.41) is 0.772. The number of hydrogen-bond donors (Lipinski definition) is 0. The lowest BCUT2D eigenvalue weighted by atomic mass is 9.12. The van der Waals surface area contributed by atoms with Crippen molar-refractivity contribution >= 4 is 39.6 Å². The van der Waals surface area contributed by atoms with Crippen LogP contribution in [0.1, 0.15) is 5.56 Å². The zero-order valence-electron chi connectivity index (χ0n) is 27.7. The fourth-order valence-corrected chi connectivity index (χ4v) is 6.25. The van der Waals surface area contributed by atoms with Crippen molar-refractivity contribution < 1.29 is 92.4 Å². The molecule has 0 unspecified atom stereocenters. The number of rotatable bonds is 6. The van der Waals surface area contributed by atoms with Crippen LogP contribution in [-0.2, 0) is 6.54 Å². The summed E-state index contributed by atoms with van der Waals surface area (Å²) in [4.78, 5) is 3.96. The third-order valence-corrected chi connectivity index (χ3v) is 8.93. The van der Waals surface area contributed by atoms with Crippen molar-refractivity contribution in [2.24, 2.45) is 0 Å². The Kier molecular flexibility index (Phi) is 12.3. The highest BCUT2D eigenvalue weighted by atomic mass is 35.5. The molecule has 59 heavy (non-hydrogen) atoms. The average molecular weight is 885 g/mol. The second kappa shape index (κ2) is 16.4. The van der Waals surface area contributed by atoms with E-state index in [4.69, 9.17) is 11.6 Å². The lowest BCUT2D eigenvalue weighted by molar-refractivity contribution is -0.688. The molecule has 0 spiro atoms.